The van der Waals surface area contributed by atoms with Crippen molar-refractivity contribution in [3.63, 3.8) is 0 Å². The number of ketones is 2. The SMILES string of the molecule is CC(C)c1ccn2c(C(=O)c3cccc(C(=O)O)c3)c(CC(C)(C)C(=O)O)c(C(=O)C(C)(C)C)c2c1. The van der Waals surface area contributed by atoms with Gasteiger partial charge in [0.2, 0.25) is 5.78 Å². The van der Waals surface area contributed by atoms with Crippen molar-refractivity contribution in [2.24, 2.45) is 10.8 Å². The predicted octanol–water partition coefficient (Wildman–Crippen LogP) is 5.87. The summed E-state index contributed by atoms with van der Waals surface area (Å²) in [5.74, 6) is -2.74. The van der Waals surface area contributed by atoms with Crippen molar-refractivity contribution in [3.8, 4) is 0 Å². The number of rotatable bonds is 8. The zero-order valence-corrected chi connectivity index (χ0v) is 21.8. The molecule has 0 aliphatic heterocycles. The van der Waals surface area contributed by atoms with Crippen LogP contribution in [0.5, 0.6) is 0 Å². The molecule has 7 heteroatoms. The first-order valence-corrected chi connectivity index (χ1v) is 11.9. The molecule has 3 rings (SSSR count). The smallest absolute Gasteiger partial charge is 0.335 e. The fraction of sp³-hybridized carbons (Fsp3) is 0.379. The monoisotopic (exact) mass is 491 g/mol. The third-order valence-corrected chi connectivity index (χ3v) is 6.42. The molecule has 0 aliphatic rings. The van der Waals surface area contributed by atoms with Gasteiger partial charge in [0.25, 0.3) is 0 Å². The first-order valence-electron chi connectivity index (χ1n) is 11.9. The molecular formula is C29H33NO6. The van der Waals surface area contributed by atoms with E-state index in [1.54, 1.807) is 45.2 Å². The Morgan fingerprint density at radius 3 is 2.06 bits per heavy atom. The molecule has 2 N–H and O–H groups in total. The molecule has 0 saturated carbocycles. The maximum absolute atomic E-state index is 13.9. The van der Waals surface area contributed by atoms with E-state index in [4.69, 9.17) is 0 Å². The molecule has 2 aromatic heterocycles. The molecule has 0 radical (unpaired) electrons. The molecule has 0 unspecified atom stereocenters. The second-order valence-corrected chi connectivity index (χ2v) is 11.2. The lowest BCUT2D eigenvalue weighted by Crippen LogP contribution is -2.29. The Kier molecular flexibility index (Phi) is 6.99. The van der Waals surface area contributed by atoms with Crippen molar-refractivity contribution in [1.29, 1.82) is 0 Å². The van der Waals surface area contributed by atoms with E-state index in [0.29, 0.717) is 16.6 Å². The molecule has 3 aromatic rings. The van der Waals surface area contributed by atoms with Gasteiger partial charge in [-0.2, -0.15) is 0 Å². The molecule has 0 amide bonds. The Morgan fingerprint density at radius 1 is 0.917 bits per heavy atom. The van der Waals surface area contributed by atoms with E-state index in [-0.39, 0.29) is 34.9 Å². The number of aromatic carboxylic acids is 1. The minimum absolute atomic E-state index is 0.0396. The molecule has 0 aliphatic carbocycles. The van der Waals surface area contributed by atoms with E-state index in [2.05, 4.69) is 0 Å². The standard InChI is InChI=1S/C29H33NO6/c1-16(2)17-11-12-30-21(14-17)22(25(32)28(3,4)5)20(15-29(6,7)27(35)36)23(30)24(31)18-9-8-10-19(13-18)26(33)34/h8-14,16H,15H2,1-7H3,(H,33,34)(H,35,36). The topological polar surface area (TPSA) is 113 Å². The van der Waals surface area contributed by atoms with Crippen LogP contribution in [0.1, 0.15) is 102 Å². The highest BCUT2D eigenvalue weighted by molar-refractivity contribution is 6.15. The summed E-state index contributed by atoms with van der Waals surface area (Å²) in [4.78, 5) is 51.4. The number of fused-ring (bicyclic) bond motifs is 1. The van der Waals surface area contributed by atoms with Crippen LogP contribution in [0.2, 0.25) is 0 Å². The molecule has 0 fully saturated rings. The van der Waals surface area contributed by atoms with Crippen LogP contribution in [0.15, 0.2) is 42.6 Å². The Morgan fingerprint density at radius 2 is 1.53 bits per heavy atom. The van der Waals surface area contributed by atoms with Crippen LogP contribution in [-0.2, 0) is 11.2 Å². The minimum atomic E-state index is -1.27. The molecular weight excluding hydrogens is 458 g/mol. The number of carbonyl (C=O) groups is 4. The van der Waals surface area contributed by atoms with Crippen molar-refractivity contribution in [3.05, 3.63) is 76.1 Å². The van der Waals surface area contributed by atoms with Crippen LogP contribution in [0.4, 0.5) is 0 Å². The number of aromatic nitrogens is 1. The van der Waals surface area contributed by atoms with E-state index in [1.165, 1.54) is 24.3 Å². The average molecular weight is 492 g/mol. The highest BCUT2D eigenvalue weighted by Gasteiger charge is 2.37. The number of carboxylic acids is 2. The zero-order valence-electron chi connectivity index (χ0n) is 21.8. The van der Waals surface area contributed by atoms with Gasteiger partial charge in [-0.3, -0.25) is 14.4 Å². The molecule has 7 nitrogen and oxygen atoms in total. The van der Waals surface area contributed by atoms with Crippen molar-refractivity contribution in [2.45, 2.75) is 60.8 Å². The summed E-state index contributed by atoms with van der Waals surface area (Å²) in [7, 11) is 0. The van der Waals surface area contributed by atoms with E-state index in [0.717, 1.165) is 5.56 Å². The Balaban J connectivity index is 2.46. The third kappa shape index (κ3) is 4.96. The quantitative estimate of drug-likeness (QED) is 0.381. The number of benzene rings is 1. The van der Waals surface area contributed by atoms with Gasteiger partial charge in [-0.05, 0) is 61.6 Å². The van der Waals surface area contributed by atoms with E-state index in [9.17, 15) is 29.4 Å². The van der Waals surface area contributed by atoms with Crippen LogP contribution >= 0.6 is 0 Å². The number of aliphatic carboxylic acids is 1. The van der Waals surface area contributed by atoms with Crippen molar-refractivity contribution >= 4 is 29.0 Å². The zero-order chi connectivity index (χ0) is 27.2. The van der Waals surface area contributed by atoms with E-state index < -0.39 is 28.6 Å². The fourth-order valence-corrected chi connectivity index (χ4v) is 4.18. The fourth-order valence-electron chi connectivity index (χ4n) is 4.18. The summed E-state index contributed by atoms with van der Waals surface area (Å²) in [5.41, 5.74) is 0.413. The molecule has 0 bridgehead atoms. The van der Waals surface area contributed by atoms with Crippen molar-refractivity contribution in [2.75, 3.05) is 0 Å². The summed E-state index contributed by atoms with van der Waals surface area (Å²) < 4.78 is 1.65. The number of hydrogen-bond donors (Lipinski definition) is 2. The van der Waals surface area contributed by atoms with Crippen LogP contribution in [0, 0.1) is 10.8 Å². The highest BCUT2D eigenvalue weighted by atomic mass is 16.4. The van der Waals surface area contributed by atoms with Crippen molar-refractivity contribution in [1.82, 2.24) is 4.40 Å². The molecule has 1 aromatic carbocycles. The van der Waals surface area contributed by atoms with Crippen molar-refractivity contribution < 1.29 is 29.4 Å². The molecule has 0 saturated heterocycles. The van der Waals surface area contributed by atoms with Gasteiger partial charge in [0, 0.05) is 22.7 Å². The van der Waals surface area contributed by atoms with E-state index in [1.807, 2.05) is 26.0 Å². The summed E-state index contributed by atoms with van der Waals surface area (Å²) in [6.07, 6.45) is 1.67. The van der Waals surface area contributed by atoms with Gasteiger partial charge >= 0.3 is 11.9 Å². The number of Topliss-reactive ketones (excluding diaryl/α,β-unsaturated/α-hetero) is 1. The predicted molar refractivity (Wildman–Crippen MR) is 137 cm³/mol. The molecule has 190 valence electrons. The van der Waals surface area contributed by atoms with E-state index >= 15 is 0 Å². The lowest BCUT2D eigenvalue weighted by molar-refractivity contribution is -0.146. The number of carboxylic acid groups (broad SMARTS) is 2. The first-order chi connectivity index (χ1) is 16.6. The number of nitrogens with zero attached hydrogens (tertiary/aromatic N) is 1. The molecule has 36 heavy (non-hydrogen) atoms. The van der Waals surface area contributed by atoms with Crippen LogP contribution < -0.4 is 0 Å². The summed E-state index contributed by atoms with van der Waals surface area (Å²) in [5, 5.41) is 19.3. The minimum Gasteiger partial charge on any atom is -0.481 e. The van der Waals surface area contributed by atoms with Gasteiger partial charge in [-0.1, -0.05) is 46.8 Å². The summed E-state index contributed by atoms with van der Waals surface area (Å²) in [6.45, 7) is 12.5. The Bertz CT molecular complexity index is 1380. The van der Waals surface area contributed by atoms with Gasteiger partial charge in [0.05, 0.1) is 22.2 Å². The van der Waals surface area contributed by atoms with Gasteiger partial charge < -0.3 is 14.6 Å². The Labute approximate surface area is 210 Å². The van der Waals surface area contributed by atoms with Gasteiger partial charge in [-0.25, -0.2) is 4.79 Å². The van der Waals surface area contributed by atoms with Gasteiger partial charge in [-0.15, -0.1) is 0 Å². The maximum Gasteiger partial charge on any atom is 0.335 e. The molecule has 0 spiro atoms. The lowest BCUT2D eigenvalue weighted by Gasteiger charge is -2.22. The van der Waals surface area contributed by atoms with Gasteiger partial charge in [0.1, 0.15) is 0 Å². The highest BCUT2D eigenvalue weighted by Crippen LogP contribution is 2.37. The van der Waals surface area contributed by atoms with Gasteiger partial charge in [0.15, 0.2) is 5.78 Å². The largest absolute Gasteiger partial charge is 0.481 e. The Hall–Kier alpha value is -3.74. The molecule has 0 atom stereocenters. The van der Waals surface area contributed by atoms with Crippen LogP contribution in [0.3, 0.4) is 0 Å². The lowest BCUT2D eigenvalue weighted by atomic mass is 9.79. The second-order valence-electron chi connectivity index (χ2n) is 11.2. The van der Waals surface area contributed by atoms with Crippen LogP contribution in [-0.4, -0.2) is 38.1 Å². The number of hydrogen-bond acceptors (Lipinski definition) is 4. The number of pyridine rings is 1. The second kappa shape index (κ2) is 9.37. The average Bonchev–Trinajstić information content (AvgIpc) is 3.09. The third-order valence-electron chi connectivity index (χ3n) is 6.42. The normalized spacial score (nSPS) is 12.2. The molecule has 2 heterocycles. The number of carbonyl (C=O) groups excluding carboxylic acids is 2. The first kappa shape index (κ1) is 26.9. The van der Waals surface area contributed by atoms with Crippen LogP contribution in [0.25, 0.3) is 5.52 Å². The summed E-state index contributed by atoms with van der Waals surface area (Å²) >= 11 is 0. The maximum atomic E-state index is 13.9. The summed E-state index contributed by atoms with van der Waals surface area (Å²) in [6, 6.07) is 9.46.